The number of anilines is 1. The number of aromatic nitrogens is 3. The van der Waals surface area contributed by atoms with Gasteiger partial charge in [-0.3, -0.25) is 0 Å². The molecule has 0 radical (unpaired) electrons. The molecule has 0 spiro atoms. The van der Waals surface area contributed by atoms with E-state index in [0.29, 0.717) is 17.9 Å². The van der Waals surface area contributed by atoms with Crippen molar-refractivity contribution in [2.75, 3.05) is 19.5 Å². The molecule has 62 valence electrons. The minimum atomic E-state index is 0.271. The number of hydrogen-bond donors (Lipinski definition) is 1. The Kier molecular flexibility index (Phi) is 2.84. The summed E-state index contributed by atoms with van der Waals surface area (Å²) in [5.41, 5.74) is 5.34. The summed E-state index contributed by atoms with van der Waals surface area (Å²) in [5.74, 6) is 0.271. The van der Waals surface area contributed by atoms with Crippen LogP contribution in [0.15, 0.2) is 4.73 Å². The molecule has 0 aromatic carbocycles. The first-order chi connectivity index (χ1) is 5.24. The average molecular weight is 221 g/mol. The Labute approximate surface area is 72.7 Å². The molecule has 1 heterocycles. The Bertz CT molecular complexity index is 236. The van der Waals surface area contributed by atoms with Gasteiger partial charge in [0.1, 0.15) is 0 Å². The Morgan fingerprint density at radius 3 is 2.91 bits per heavy atom. The van der Waals surface area contributed by atoms with Crippen LogP contribution in [0.3, 0.4) is 0 Å². The molecule has 2 N–H and O–H groups in total. The first kappa shape index (κ1) is 8.48. The van der Waals surface area contributed by atoms with Crippen LogP contribution in [0.25, 0.3) is 0 Å². The predicted molar refractivity (Wildman–Crippen MR) is 44.0 cm³/mol. The molecule has 1 aromatic heterocycles. The second-order valence-electron chi connectivity index (χ2n) is 1.95. The standard InChI is InChI=1S/C5H9BrN4O/c1-11-3-2-10-4(6)8-5(7)9-10/h2-3H2,1H3,(H2,7,9). The van der Waals surface area contributed by atoms with Gasteiger partial charge in [-0.25, -0.2) is 4.68 Å². The molecular formula is C5H9BrN4O. The number of rotatable bonds is 3. The van der Waals surface area contributed by atoms with E-state index < -0.39 is 0 Å². The lowest BCUT2D eigenvalue weighted by Crippen LogP contribution is -2.06. The maximum absolute atomic E-state index is 5.34. The van der Waals surface area contributed by atoms with Crippen molar-refractivity contribution in [1.82, 2.24) is 14.8 Å². The molecule has 0 unspecified atom stereocenters. The Morgan fingerprint density at radius 1 is 1.73 bits per heavy atom. The van der Waals surface area contributed by atoms with Crippen LogP contribution in [0.1, 0.15) is 0 Å². The summed E-state index contributed by atoms with van der Waals surface area (Å²) in [7, 11) is 1.63. The van der Waals surface area contributed by atoms with Crippen LogP contribution < -0.4 is 5.73 Å². The molecule has 0 atom stereocenters. The van der Waals surface area contributed by atoms with Crippen molar-refractivity contribution in [2.45, 2.75) is 6.54 Å². The molecule has 6 heteroatoms. The van der Waals surface area contributed by atoms with Crippen LogP contribution in [0, 0.1) is 0 Å². The third kappa shape index (κ3) is 2.16. The number of methoxy groups -OCH3 is 1. The number of hydrogen-bond acceptors (Lipinski definition) is 4. The van der Waals surface area contributed by atoms with Gasteiger partial charge in [0, 0.05) is 7.11 Å². The van der Waals surface area contributed by atoms with E-state index in [1.165, 1.54) is 0 Å². The summed E-state index contributed by atoms with van der Waals surface area (Å²) < 4.78 is 7.13. The average Bonchev–Trinajstić information content (AvgIpc) is 2.26. The van der Waals surface area contributed by atoms with Gasteiger partial charge in [-0.05, 0) is 15.9 Å². The summed E-state index contributed by atoms with van der Waals surface area (Å²) in [6.45, 7) is 1.25. The van der Waals surface area contributed by atoms with Gasteiger partial charge in [-0.2, -0.15) is 4.98 Å². The molecule has 0 saturated carbocycles. The fraction of sp³-hybridized carbons (Fsp3) is 0.600. The van der Waals surface area contributed by atoms with Crippen molar-refractivity contribution < 1.29 is 4.74 Å². The van der Waals surface area contributed by atoms with E-state index in [4.69, 9.17) is 10.5 Å². The number of halogens is 1. The lowest BCUT2D eigenvalue weighted by Gasteiger charge is -1.98. The first-order valence-electron chi connectivity index (χ1n) is 3.09. The van der Waals surface area contributed by atoms with Crippen molar-refractivity contribution in [3.63, 3.8) is 0 Å². The summed E-state index contributed by atoms with van der Waals surface area (Å²) in [5, 5.41) is 3.90. The Balaban J connectivity index is 2.62. The molecule has 1 aromatic rings. The quantitative estimate of drug-likeness (QED) is 0.795. The number of nitrogens with zero attached hydrogens (tertiary/aromatic N) is 3. The van der Waals surface area contributed by atoms with E-state index >= 15 is 0 Å². The zero-order valence-electron chi connectivity index (χ0n) is 6.12. The van der Waals surface area contributed by atoms with E-state index in [0.717, 1.165) is 0 Å². The number of ether oxygens (including phenoxy) is 1. The zero-order valence-corrected chi connectivity index (χ0v) is 7.71. The van der Waals surface area contributed by atoms with Crippen molar-refractivity contribution >= 4 is 21.9 Å². The van der Waals surface area contributed by atoms with Crippen molar-refractivity contribution in [2.24, 2.45) is 0 Å². The van der Waals surface area contributed by atoms with Crippen LogP contribution in [0.2, 0.25) is 0 Å². The summed E-state index contributed by atoms with van der Waals surface area (Å²) >= 11 is 3.20. The van der Waals surface area contributed by atoms with Crippen LogP contribution in [-0.4, -0.2) is 28.5 Å². The number of nitrogens with two attached hydrogens (primary N) is 1. The molecule has 0 fully saturated rings. The molecule has 0 aliphatic heterocycles. The Morgan fingerprint density at radius 2 is 2.45 bits per heavy atom. The molecule has 5 nitrogen and oxygen atoms in total. The second-order valence-corrected chi connectivity index (χ2v) is 2.66. The molecule has 0 saturated heterocycles. The van der Waals surface area contributed by atoms with Crippen LogP contribution in [0.5, 0.6) is 0 Å². The molecule has 0 aliphatic rings. The van der Waals surface area contributed by atoms with Crippen molar-refractivity contribution in [1.29, 1.82) is 0 Å². The topological polar surface area (TPSA) is 66.0 Å². The third-order valence-corrected chi connectivity index (χ3v) is 1.74. The zero-order chi connectivity index (χ0) is 8.27. The number of nitrogen functional groups attached to an aromatic ring is 1. The van der Waals surface area contributed by atoms with Crippen LogP contribution >= 0.6 is 15.9 Å². The highest BCUT2D eigenvalue weighted by Crippen LogP contribution is 2.06. The SMILES string of the molecule is COCCn1nc(N)nc1Br. The maximum Gasteiger partial charge on any atom is 0.240 e. The van der Waals surface area contributed by atoms with Gasteiger partial charge in [0.05, 0.1) is 13.2 Å². The van der Waals surface area contributed by atoms with Crippen molar-refractivity contribution in [3.8, 4) is 0 Å². The molecule has 0 aliphatic carbocycles. The highest BCUT2D eigenvalue weighted by atomic mass is 79.9. The van der Waals surface area contributed by atoms with Gasteiger partial charge in [-0.1, -0.05) is 0 Å². The fourth-order valence-electron chi connectivity index (χ4n) is 0.660. The first-order valence-corrected chi connectivity index (χ1v) is 3.88. The highest BCUT2D eigenvalue weighted by Gasteiger charge is 2.02. The van der Waals surface area contributed by atoms with E-state index in [-0.39, 0.29) is 5.95 Å². The van der Waals surface area contributed by atoms with Crippen LogP contribution in [0.4, 0.5) is 5.95 Å². The molecular weight excluding hydrogens is 212 g/mol. The monoisotopic (exact) mass is 220 g/mol. The minimum Gasteiger partial charge on any atom is -0.383 e. The van der Waals surface area contributed by atoms with E-state index in [9.17, 15) is 0 Å². The summed E-state index contributed by atoms with van der Waals surface area (Å²) in [4.78, 5) is 3.85. The molecule has 1 rings (SSSR count). The minimum absolute atomic E-state index is 0.271. The largest absolute Gasteiger partial charge is 0.383 e. The van der Waals surface area contributed by atoms with Gasteiger partial charge in [0.15, 0.2) is 4.73 Å². The third-order valence-electron chi connectivity index (χ3n) is 1.15. The smallest absolute Gasteiger partial charge is 0.240 e. The van der Waals surface area contributed by atoms with Gasteiger partial charge >= 0.3 is 0 Å². The lowest BCUT2D eigenvalue weighted by atomic mass is 10.7. The Hall–Kier alpha value is -0.620. The molecule has 11 heavy (non-hydrogen) atoms. The van der Waals surface area contributed by atoms with Gasteiger partial charge in [0.2, 0.25) is 5.95 Å². The maximum atomic E-state index is 5.34. The van der Waals surface area contributed by atoms with Gasteiger partial charge in [0.25, 0.3) is 0 Å². The summed E-state index contributed by atoms with van der Waals surface area (Å²) in [6, 6.07) is 0. The predicted octanol–water partition coefficient (Wildman–Crippen LogP) is 0.269. The van der Waals surface area contributed by atoms with E-state index in [1.54, 1.807) is 11.8 Å². The van der Waals surface area contributed by atoms with Crippen LogP contribution in [-0.2, 0) is 11.3 Å². The van der Waals surface area contributed by atoms with E-state index in [2.05, 4.69) is 26.0 Å². The highest BCUT2D eigenvalue weighted by molar-refractivity contribution is 9.10. The van der Waals surface area contributed by atoms with E-state index in [1.807, 2.05) is 0 Å². The van der Waals surface area contributed by atoms with Crippen molar-refractivity contribution in [3.05, 3.63) is 4.73 Å². The summed E-state index contributed by atoms with van der Waals surface area (Å²) in [6.07, 6.45) is 0. The lowest BCUT2D eigenvalue weighted by molar-refractivity contribution is 0.182. The van der Waals surface area contributed by atoms with Gasteiger partial charge < -0.3 is 10.5 Å². The normalized spacial score (nSPS) is 10.4. The fourth-order valence-corrected chi connectivity index (χ4v) is 1.10. The van der Waals surface area contributed by atoms with Gasteiger partial charge in [-0.15, -0.1) is 5.10 Å². The second kappa shape index (κ2) is 3.68. The molecule has 0 amide bonds. The molecule has 0 bridgehead atoms.